The molecule has 3 nitrogen and oxygen atoms in total. The number of hydrogen-bond acceptors (Lipinski definition) is 4. The number of rotatable bonds is 7. The van der Waals surface area contributed by atoms with Crippen LogP contribution in [0.5, 0.6) is 0 Å². The Morgan fingerprint density at radius 1 is 1.48 bits per heavy atom. The number of thioether (sulfide) groups is 2. The van der Waals surface area contributed by atoms with Gasteiger partial charge in [-0.2, -0.15) is 0 Å². The zero-order valence-corrected chi connectivity index (χ0v) is 15.0. The van der Waals surface area contributed by atoms with E-state index in [4.69, 9.17) is 11.6 Å². The van der Waals surface area contributed by atoms with Crippen LogP contribution in [0.15, 0.2) is 40.8 Å². The van der Waals surface area contributed by atoms with Crippen molar-refractivity contribution in [2.24, 2.45) is 0 Å². The molecule has 1 aromatic heterocycles. The second kappa shape index (κ2) is 8.57. The molecule has 1 heterocycles. The van der Waals surface area contributed by atoms with E-state index in [1.807, 2.05) is 6.08 Å². The molecule has 0 atom stereocenters. The Hall–Kier alpha value is -1.24. The third-order valence-corrected chi connectivity index (χ3v) is 5.58. The van der Waals surface area contributed by atoms with Crippen molar-refractivity contribution in [3.8, 4) is 0 Å². The molecule has 1 N–H and O–H groups in total. The molecule has 0 radical (unpaired) electrons. The first-order chi connectivity index (χ1) is 11.0. The van der Waals surface area contributed by atoms with Crippen LogP contribution in [0.2, 0.25) is 5.02 Å². The van der Waals surface area contributed by atoms with Gasteiger partial charge < -0.3 is 4.98 Å². The summed E-state index contributed by atoms with van der Waals surface area (Å²) in [6, 6.07) is 4.53. The van der Waals surface area contributed by atoms with Gasteiger partial charge in [-0.05, 0) is 19.1 Å². The third-order valence-electron chi connectivity index (χ3n) is 3.15. The number of nitrogens with one attached hydrogen (secondary N) is 1. The van der Waals surface area contributed by atoms with Gasteiger partial charge in [0.2, 0.25) is 0 Å². The Morgan fingerprint density at radius 3 is 2.96 bits per heavy atom. The normalized spacial score (nSPS) is 10.7. The van der Waals surface area contributed by atoms with Crippen molar-refractivity contribution in [3.63, 3.8) is 0 Å². The molecule has 7 heteroatoms. The van der Waals surface area contributed by atoms with Crippen molar-refractivity contribution < 1.29 is 4.39 Å². The maximum atomic E-state index is 13.9. The second-order valence-corrected chi connectivity index (χ2v) is 7.51. The largest absolute Gasteiger partial charge is 0.301 e. The fraction of sp³-hybridized carbons (Fsp3) is 0.250. The van der Waals surface area contributed by atoms with Crippen LogP contribution in [0.4, 0.5) is 4.39 Å². The maximum absolute atomic E-state index is 13.9. The van der Waals surface area contributed by atoms with E-state index in [0.717, 1.165) is 10.8 Å². The molecule has 0 unspecified atom stereocenters. The van der Waals surface area contributed by atoms with Crippen LogP contribution in [0, 0.1) is 12.7 Å². The first kappa shape index (κ1) is 18.1. The summed E-state index contributed by atoms with van der Waals surface area (Å²) in [7, 11) is 0. The Morgan fingerprint density at radius 2 is 2.26 bits per heavy atom. The van der Waals surface area contributed by atoms with E-state index in [1.54, 1.807) is 30.8 Å². The second-order valence-electron chi connectivity index (χ2n) is 4.74. The molecule has 0 amide bonds. The monoisotopic (exact) mass is 370 g/mol. The number of nitrogens with zero attached hydrogens (tertiary/aromatic N) is 1. The van der Waals surface area contributed by atoms with Gasteiger partial charge in [0.05, 0.1) is 5.69 Å². The van der Waals surface area contributed by atoms with E-state index >= 15 is 0 Å². The van der Waals surface area contributed by atoms with Crippen LogP contribution >= 0.6 is 35.1 Å². The number of benzene rings is 1. The number of hydrogen-bond donors (Lipinski definition) is 1. The highest BCUT2D eigenvalue weighted by Crippen LogP contribution is 2.24. The third kappa shape index (κ3) is 4.86. The Balaban J connectivity index is 2.25. The summed E-state index contributed by atoms with van der Waals surface area (Å²) < 4.78 is 13.9. The van der Waals surface area contributed by atoms with Crippen LogP contribution < -0.4 is 5.56 Å². The molecule has 23 heavy (non-hydrogen) atoms. The molecule has 2 aromatic rings. The zero-order chi connectivity index (χ0) is 16.8. The highest BCUT2D eigenvalue weighted by molar-refractivity contribution is 8.15. The Labute approximate surface area is 147 Å². The minimum absolute atomic E-state index is 0.189. The fourth-order valence-electron chi connectivity index (χ4n) is 1.89. The van der Waals surface area contributed by atoms with Gasteiger partial charge in [0.25, 0.3) is 5.56 Å². The summed E-state index contributed by atoms with van der Waals surface area (Å²) in [6.45, 7) is 5.33. The molecule has 0 aliphatic rings. The van der Waals surface area contributed by atoms with Crippen LogP contribution in [-0.4, -0.2) is 20.8 Å². The van der Waals surface area contributed by atoms with Crippen molar-refractivity contribution in [2.45, 2.75) is 18.5 Å². The summed E-state index contributed by atoms with van der Waals surface area (Å²) in [5, 5.41) is 1.61. The summed E-state index contributed by atoms with van der Waals surface area (Å²) >= 11 is 9.17. The standard InChI is InChI=1S/C16H16ClFN2OS2/c1-3-7-22-9-23-16-19-14(10(2)15(21)20-16)8-11-12(17)5-4-6-13(11)18/h3-6H,1,7-9H2,2H3,(H,19,20,21). The van der Waals surface area contributed by atoms with Gasteiger partial charge in [0, 0.05) is 33.4 Å². The number of H-pyrrole nitrogens is 1. The van der Waals surface area contributed by atoms with E-state index in [9.17, 15) is 9.18 Å². The molecule has 2 rings (SSSR count). The van der Waals surface area contributed by atoms with Crippen LogP contribution in [0.25, 0.3) is 0 Å². The molecule has 0 bridgehead atoms. The average molecular weight is 371 g/mol. The van der Waals surface area contributed by atoms with Gasteiger partial charge in [0.15, 0.2) is 5.16 Å². The summed E-state index contributed by atoms with van der Waals surface area (Å²) in [5.74, 6) is 0.440. The van der Waals surface area contributed by atoms with E-state index in [1.165, 1.54) is 17.8 Å². The molecule has 0 spiro atoms. The van der Waals surface area contributed by atoms with Gasteiger partial charge in [-0.25, -0.2) is 9.37 Å². The van der Waals surface area contributed by atoms with E-state index in [-0.39, 0.29) is 12.0 Å². The fourth-order valence-corrected chi connectivity index (χ4v) is 3.80. The minimum atomic E-state index is -0.394. The molecule has 0 aliphatic heterocycles. The van der Waals surface area contributed by atoms with Gasteiger partial charge in [0.1, 0.15) is 5.82 Å². The zero-order valence-electron chi connectivity index (χ0n) is 12.6. The molecule has 0 aliphatic carbocycles. The Kier molecular flexibility index (Phi) is 6.74. The lowest BCUT2D eigenvalue weighted by molar-refractivity contribution is 0.612. The predicted molar refractivity (Wildman–Crippen MR) is 97.2 cm³/mol. The topological polar surface area (TPSA) is 45.8 Å². The summed E-state index contributed by atoms with van der Waals surface area (Å²) in [5.41, 5.74) is 1.16. The van der Waals surface area contributed by atoms with Crippen molar-refractivity contribution in [1.29, 1.82) is 0 Å². The van der Waals surface area contributed by atoms with Crippen molar-refractivity contribution in [1.82, 2.24) is 9.97 Å². The summed E-state index contributed by atoms with van der Waals surface area (Å²) in [4.78, 5) is 19.2. The SMILES string of the molecule is C=CCSCSc1nc(Cc2c(F)cccc2Cl)c(C)c(=O)[nH]1. The molecule has 122 valence electrons. The van der Waals surface area contributed by atoms with Gasteiger partial charge in [-0.1, -0.05) is 35.5 Å². The Bertz CT molecular complexity index is 744. The van der Waals surface area contributed by atoms with Crippen molar-refractivity contribution >= 4 is 35.1 Å². The van der Waals surface area contributed by atoms with E-state index in [2.05, 4.69) is 16.5 Å². The van der Waals surface area contributed by atoms with Crippen molar-refractivity contribution in [2.75, 3.05) is 10.8 Å². The quantitative estimate of drug-likeness (QED) is 0.257. The molecular weight excluding hydrogens is 355 g/mol. The highest BCUT2D eigenvalue weighted by Gasteiger charge is 2.13. The van der Waals surface area contributed by atoms with E-state index < -0.39 is 5.82 Å². The van der Waals surface area contributed by atoms with Gasteiger partial charge >= 0.3 is 0 Å². The maximum Gasteiger partial charge on any atom is 0.254 e. The van der Waals surface area contributed by atoms with Crippen LogP contribution in [0.1, 0.15) is 16.8 Å². The smallest absolute Gasteiger partial charge is 0.254 e. The number of halogens is 2. The predicted octanol–water partition coefficient (Wildman–Crippen LogP) is 4.43. The van der Waals surface area contributed by atoms with Gasteiger partial charge in [-0.3, -0.25) is 4.79 Å². The lowest BCUT2D eigenvalue weighted by Crippen LogP contribution is -2.16. The molecule has 0 saturated carbocycles. The lowest BCUT2D eigenvalue weighted by Gasteiger charge is -2.09. The molecule has 0 saturated heterocycles. The highest BCUT2D eigenvalue weighted by atomic mass is 35.5. The first-order valence-electron chi connectivity index (χ1n) is 6.87. The van der Waals surface area contributed by atoms with Gasteiger partial charge in [-0.15, -0.1) is 18.3 Å². The summed E-state index contributed by atoms with van der Waals surface area (Å²) in [6.07, 6.45) is 2.01. The van der Waals surface area contributed by atoms with E-state index in [0.29, 0.717) is 27.0 Å². The first-order valence-corrected chi connectivity index (χ1v) is 9.39. The number of aromatic amines is 1. The van der Waals surface area contributed by atoms with Crippen LogP contribution in [-0.2, 0) is 6.42 Å². The van der Waals surface area contributed by atoms with Crippen molar-refractivity contribution in [3.05, 3.63) is 68.9 Å². The molecule has 1 aromatic carbocycles. The molecule has 0 fully saturated rings. The average Bonchev–Trinajstić information content (AvgIpc) is 2.52. The minimum Gasteiger partial charge on any atom is -0.301 e. The molecular formula is C16H16ClFN2OS2. The number of aromatic nitrogens is 2. The van der Waals surface area contributed by atoms with Crippen LogP contribution in [0.3, 0.4) is 0 Å². The lowest BCUT2D eigenvalue weighted by atomic mass is 10.1.